The Morgan fingerprint density at radius 1 is 1.29 bits per heavy atom. The molecular formula is C18H20N2O4. The molecule has 0 bridgehead atoms. The summed E-state index contributed by atoms with van der Waals surface area (Å²) in [6.07, 6.45) is 0.846. The summed E-state index contributed by atoms with van der Waals surface area (Å²) < 4.78 is 11.0. The van der Waals surface area contributed by atoms with Crippen molar-refractivity contribution in [3.05, 3.63) is 47.9 Å². The third-order valence-electron chi connectivity index (χ3n) is 4.00. The number of hydrogen-bond acceptors (Lipinski definition) is 4. The third-order valence-corrected chi connectivity index (χ3v) is 4.00. The highest BCUT2D eigenvalue weighted by atomic mass is 16.5. The maximum atomic E-state index is 12.2. The summed E-state index contributed by atoms with van der Waals surface area (Å²) in [4.78, 5) is 25.8. The third kappa shape index (κ3) is 3.27. The highest BCUT2D eigenvalue weighted by Crippen LogP contribution is 2.32. The van der Waals surface area contributed by atoms with E-state index in [0.717, 1.165) is 6.42 Å². The number of ether oxygens (including phenoxy) is 1. The van der Waals surface area contributed by atoms with Crippen molar-refractivity contribution in [1.29, 1.82) is 0 Å². The number of hydrogen-bond donors (Lipinski definition) is 1. The van der Waals surface area contributed by atoms with E-state index < -0.39 is 0 Å². The van der Waals surface area contributed by atoms with Crippen molar-refractivity contribution in [3.8, 4) is 5.75 Å². The van der Waals surface area contributed by atoms with Crippen LogP contribution >= 0.6 is 0 Å². The van der Waals surface area contributed by atoms with Crippen molar-refractivity contribution < 1.29 is 18.7 Å². The van der Waals surface area contributed by atoms with E-state index >= 15 is 0 Å². The molecule has 6 heteroatoms. The highest BCUT2D eigenvalue weighted by molar-refractivity contribution is 5.97. The van der Waals surface area contributed by atoms with Gasteiger partial charge >= 0.3 is 0 Å². The van der Waals surface area contributed by atoms with Crippen molar-refractivity contribution in [2.45, 2.75) is 32.9 Å². The van der Waals surface area contributed by atoms with Gasteiger partial charge in [-0.1, -0.05) is 19.1 Å². The molecule has 0 radical (unpaired) electrons. The average Bonchev–Trinajstić information content (AvgIpc) is 3.06. The van der Waals surface area contributed by atoms with Crippen LogP contribution in [0.25, 0.3) is 0 Å². The van der Waals surface area contributed by atoms with Crippen LogP contribution in [-0.2, 0) is 11.3 Å². The largest absolute Gasteiger partial charge is 0.482 e. The molecule has 1 atom stereocenters. The Kier molecular flexibility index (Phi) is 4.55. The Labute approximate surface area is 140 Å². The summed E-state index contributed by atoms with van der Waals surface area (Å²) in [5.41, 5.74) is 0.704. The molecule has 0 saturated heterocycles. The van der Waals surface area contributed by atoms with Gasteiger partial charge in [-0.15, -0.1) is 0 Å². The first-order chi connectivity index (χ1) is 11.6. The van der Waals surface area contributed by atoms with E-state index in [-0.39, 0.29) is 36.8 Å². The lowest BCUT2D eigenvalue weighted by molar-refractivity contribution is -0.121. The van der Waals surface area contributed by atoms with Gasteiger partial charge in [-0.2, -0.15) is 0 Å². The predicted molar refractivity (Wildman–Crippen MR) is 89.1 cm³/mol. The molecule has 1 aromatic carbocycles. The molecule has 1 unspecified atom stereocenters. The minimum Gasteiger partial charge on any atom is -0.482 e. The molecule has 1 aliphatic rings. The number of para-hydroxylation sites is 2. The predicted octanol–water partition coefficient (Wildman–Crippen LogP) is 2.73. The fourth-order valence-corrected chi connectivity index (χ4v) is 2.47. The minimum absolute atomic E-state index is 0.000913. The zero-order valence-electron chi connectivity index (χ0n) is 13.7. The normalized spacial score (nSPS) is 14.8. The Hall–Kier alpha value is -2.76. The molecule has 6 nitrogen and oxygen atoms in total. The molecule has 1 N–H and O–H groups in total. The maximum absolute atomic E-state index is 12.2. The molecule has 0 aliphatic carbocycles. The van der Waals surface area contributed by atoms with Crippen LogP contribution in [0.2, 0.25) is 0 Å². The van der Waals surface area contributed by atoms with E-state index in [1.807, 2.05) is 38.1 Å². The molecule has 2 heterocycles. The SMILES string of the molecule is CCC(C)NC(=O)c1ccc(CN2C(=O)COc3ccccc32)o1. The summed E-state index contributed by atoms with van der Waals surface area (Å²) in [5.74, 6) is 1.08. The molecule has 2 aromatic rings. The number of carbonyl (C=O) groups is 2. The molecule has 0 saturated carbocycles. The van der Waals surface area contributed by atoms with Gasteiger partial charge in [-0.05, 0) is 37.6 Å². The van der Waals surface area contributed by atoms with Crippen LogP contribution < -0.4 is 15.0 Å². The number of benzene rings is 1. The number of rotatable bonds is 5. The number of anilines is 1. The Bertz CT molecular complexity index is 753. The van der Waals surface area contributed by atoms with Crippen LogP contribution in [0.15, 0.2) is 40.8 Å². The minimum atomic E-state index is -0.246. The number of furan rings is 1. The summed E-state index contributed by atoms with van der Waals surface area (Å²) in [6.45, 7) is 4.19. The maximum Gasteiger partial charge on any atom is 0.287 e. The molecule has 24 heavy (non-hydrogen) atoms. The lowest BCUT2D eigenvalue weighted by Crippen LogP contribution is -2.38. The van der Waals surface area contributed by atoms with Crippen molar-refractivity contribution in [2.75, 3.05) is 11.5 Å². The van der Waals surface area contributed by atoms with E-state index in [4.69, 9.17) is 9.15 Å². The zero-order chi connectivity index (χ0) is 17.1. The number of carbonyl (C=O) groups excluding carboxylic acids is 2. The van der Waals surface area contributed by atoms with Gasteiger partial charge in [0.15, 0.2) is 12.4 Å². The fourth-order valence-electron chi connectivity index (χ4n) is 2.47. The Morgan fingerprint density at radius 2 is 2.08 bits per heavy atom. The van der Waals surface area contributed by atoms with Crippen molar-refractivity contribution in [2.24, 2.45) is 0 Å². The van der Waals surface area contributed by atoms with E-state index in [1.54, 1.807) is 17.0 Å². The van der Waals surface area contributed by atoms with E-state index in [1.165, 1.54) is 0 Å². The lowest BCUT2D eigenvalue weighted by atomic mass is 10.2. The Morgan fingerprint density at radius 3 is 2.88 bits per heavy atom. The molecule has 0 fully saturated rings. The van der Waals surface area contributed by atoms with Gasteiger partial charge in [0.05, 0.1) is 12.2 Å². The van der Waals surface area contributed by atoms with Crippen LogP contribution in [0.4, 0.5) is 5.69 Å². The number of nitrogens with zero attached hydrogens (tertiary/aromatic N) is 1. The van der Waals surface area contributed by atoms with Gasteiger partial charge in [0.1, 0.15) is 11.5 Å². The van der Waals surface area contributed by atoms with Gasteiger partial charge in [-0.25, -0.2) is 0 Å². The smallest absolute Gasteiger partial charge is 0.287 e. The van der Waals surface area contributed by atoms with E-state index in [2.05, 4.69) is 5.32 Å². The standard InChI is InChI=1S/C18H20N2O4/c1-3-12(2)19-18(22)16-9-8-13(24-16)10-20-14-6-4-5-7-15(14)23-11-17(20)21/h4-9,12H,3,10-11H2,1-2H3,(H,19,22). The van der Waals surface area contributed by atoms with Gasteiger partial charge < -0.3 is 14.5 Å². The topological polar surface area (TPSA) is 71.8 Å². The van der Waals surface area contributed by atoms with Crippen LogP contribution in [0.3, 0.4) is 0 Å². The molecule has 126 valence electrons. The first-order valence-electron chi connectivity index (χ1n) is 8.00. The molecule has 1 aromatic heterocycles. The van der Waals surface area contributed by atoms with E-state index in [0.29, 0.717) is 17.2 Å². The summed E-state index contributed by atoms with van der Waals surface area (Å²) in [6, 6.07) is 10.8. The summed E-state index contributed by atoms with van der Waals surface area (Å²) >= 11 is 0. The van der Waals surface area contributed by atoms with Crippen LogP contribution in [0.5, 0.6) is 5.75 Å². The summed E-state index contributed by atoms with van der Waals surface area (Å²) in [7, 11) is 0. The molecule has 2 amide bonds. The Balaban J connectivity index is 1.75. The second-order valence-electron chi connectivity index (χ2n) is 5.79. The summed E-state index contributed by atoms with van der Waals surface area (Å²) in [5, 5.41) is 2.85. The fraction of sp³-hybridized carbons (Fsp3) is 0.333. The number of amides is 2. The van der Waals surface area contributed by atoms with Gasteiger partial charge in [-0.3, -0.25) is 14.5 Å². The van der Waals surface area contributed by atoms with Crippen molar-refractivity contribution in [1.82, 2.24) is 5.32 Å². The number of nitrogens with one attached hydrogen (secondary N) is 1. The van der Waals surface area contributed by atoms with Crippen molar-refractivity contribution in [3.63, 3.8) is 0 Å². The first-order valence-corrected chi connectivity index (χ1v) is 8.00. The quantitative estimate of drug-likeness (QED) is 0.916. The number of fused-ring (bicyclic) bond motifs is 1. The highest BCUT2D eigenvalue weighted by Gasteiger charge is 2.26. The molecule has 1 aliphatic heterocycles. The van der Waals surface area contributed by atoms with Crippen molar-refractivity contribution >= 4 is 17.5 Å². The van der Waals surface area contributed by atoms with Gasteiger partial charge in [0, 0.05) is 6.04 Å². The average molecular weight is 328 g/mol. The lowest BCUT2D eigenvalue weighted by Gasteiger charge is -2.28. The van der Waals surface area contributed by atoms with Crippen LogP contribution in [-0.4, -0.2) is 24.5 Å². The molecule has 0 spiro atoms. The second-order valence-corrected chi connectivity index (χ2v) is 5.79. The first kappa shape index (κ1) is 16.1. The van der Waals surface area contributed by atoms with E-state index in [9.17, 15) is 9.59 Å². The second kappa shape index (κ2) is 6.78. The zero-order valence-corrected chi connectivity index (χ0v) is 13.7. The van der Waals surface area contributed by atoms with Crippen LogP contribution in [0.1, 0.15) is 36.6 Å². The van der Waals surface area contributed by atoms with Crippen LogP contribution in [0, 0.1) is 0 Å². The molecule has 3 rings (SSSR count). The van der Waals surface area contributed by atoms with Gasteiger partial charge in [0.25, 0.3) is 11.8 Å². The van der Waals surface area contributed by atoms with Gasteiger partial charge in [0.2, 0.25) is 0 Å². The molecular weight excluding hydrogens is 308 g/mol. The monoisotopic (exact) mass is 328 g/mol.